The van der Waals surface area contributed by atoms with Gasteiger partial charge in [-0.2, -0.15) is 0 Å². The molecule has 0 aromatic heterocycles. The van der Waals surface area contributed by atoms with Crippen molar-refractivity contribution >= 4 is 11.9 Å². The zero-order chi connectivity index (χ0) is 47.2. The lowest BCUT2D eigenvalue weighted by atomic mass is 10.0. The Hall–Kier alpha value is -1.92. The van der Waals surface area contributed by atoms with E-state index in [2.05, 4.69) is 43.5 Å². The van der Waals surface area contributed by atoms with E-state index in [1.807, 2.05) is 6.08 Å². The Morgan fingerprint density at radius 2 is 0.723 bits per heavy atom. The van der Waals surface area contributed by atoms with Crippen LogP contribution in [0.3, 0.4) is 0 Å². The van der Waals surface area contributed by atoms with E-state index in [9.17, 15) is 19.8 Å². The van der Waals surface area contributed by atoms with E-state index < -0.39 is 12.1 Å². The maximum atomic E-state index is 12.5. The van der Waals surface area contributed by atoms with E-state index >= 15 is 0 Å². The SMILES string of the molecule is CCCCCCCCC/C=C\CCCCCCCCCC(=O)OCCCCC/C=C\CCCCCCCC(=O)NC(CO)C(O)/C=C/CCCCCCCCCCCCCCCCCC. The number of aliphatic hydroxyl groups excluding tert-OH is 2. The molecule has 2 atom stereocenters. The monoisotopic (exact) mass is 914 g/mol. The van der Waals surface area contributed by atoms with Gasteiger partial charge < -0.3 is 20.3 Å². The Morgan fingerprint density at radius 3 is 1.09 bits per heavy atom. The minimum atomic E-state index is -0.861. The molecule has 0 aromatic carbocycles. The van der Waals surface area contributed by atoms with Crippen molar-refractivity contribution < 1.29 is 24.5 Å². The first-order valence-corrected chi connectivity index (χ1v) is 28.8. The van der Waals surface area contributed by atoms with E-state index in [0.717, 1.165) is 83.5 Å². The topological polar surface area (TPSA) is 95.9 Å². The van der Waals surface area contributed by atoms with Gasteiger partial charge in [-0.3, -0.25) is 9.59 Å². The lowest BCUT2D eigenvalue weighted by Gasteiger charge is -2.20. The molecule has 0 fully saturated rings. The molecule has 0 rings (SSSR count). The highest BCUT2D eigenvalue weighted by Gasteiger charge is 2.18. The second-order valence-corrected chi connectivity index (χ2v) is 19.6. The Bertz CT molecular complexity index is 1060. The second-order valence-electron chi connectivity index (χ2n) is 19.6. The molecule has 65 heavy (non-hydrogen) atoms. The van der Waals surface area contributed by atoms with Crippen molar-refractivity contribution in [3.05, 3.63) is 36.5 Å². The number of carbonyl (C=O) groups is 2. The molecule has 0 heterocycles. The number of allylic oxidation sites excluding steroid dienone is 5. The summed E-state index contributed by atoms with van der Waals surface area (Å²) in [4.78, 5) is 24.5. The van der Waals surface area contributed by atoms with Crippen LogP contribution in [0.4, 0.5) is 0 Å². The van der Waals surface area contributed by atoms with Crippen LogP contribution in [-0.2, 0) is 14.3 Å². The largest absolute Gasteiger partial charge is 0.466 e. The number of amides is 1. The smallest absolute Gasteiger partial charge is 0.305 e. The summed E-state index contributed by atoms with van der Waals surface area (Å²) in [5, 5.41) is 23.1. The second kappa shape index (κ2) is 54.7. The van der Waals surface area contributed by atoms with Gasteiger partial charge in [0.05, 0.1) is 25.4 Å². The molecule has 0 saturated heterocycles. The van der Waals surface area contributed by atoms with E-state index in [1.54, 1.807) is 6.08 Å². The standard InChI is InChI=1S/C59H111NO5/c1-3-5-7-9-11-13-15-17-19-21-23-25-27-31-35-39-43-47-51-57(62)56(55-61)60-58(63)52-48-44-40-36-32-29-30-34-38-42-46-50-54-65-59(64)53-49-45-41-37-33-28-26-24-22-20-18-16-14-12-10-8-6-4-2/h20,22,30,34,47,51,56-57,61-62H,3-19,21,23-29,31-33,35-46,48-50,52-55H2,1-2H3,(H,60,63)/b22-20-,34-30-,51-47+. The van der Waals surface area contributed by atoms with E-state index in [-0.39, 0.29) is 18.5 Å². The number of nitrogens with one attached hydrogen (secondary N) is 1. The average molecular weight is 915 g/mol. The molecule has 0 bridgehead atoms. The number of aliphatic hydroxyl groups is 2. The third-order valence-electron chi connectivity index (χ3n) is 13.1. The third kappa shape index (κ3) is 51.3. The molecule has 0 saturated carbocycles. The van der Waals surface area contributed by atoms with Gasteiger partial charge in [0.1, 0.15) is 0 Å². The number of unbranched alkanes of at least 4 members (excludes halogenated alkanes) is 38. The highest BCUT2D eigenvalue weighted by molar-refractivity contribution is 5.76. The molecular weight excluding hydrogens is 803 g/mol. The van der Waals surface area contributed by atoms with Gasteiger partial charge in [0, 0.05) is 12.8 Å². The molecule has 6 nitrogen and oxygen atoms in total. The van der Waals surface area contributed by atoms with Gasteiger partial charge in [0.25, 0.3) is 0 Å². The minimum absolute atomic E-state index is 0.0272. The van der Waals surface area contributed by atoms with Crippen LogP contribution >= 0.6 is 0 Å². The quantitative estimate of drug-likeness (QED) is 0.0321. The molecule has 2 unspecified atom stereocenters. The molecule has 1 amide bonds. The van der Waals surface area contributed by atoms with Crippen molar-refractivity contribution in [1.82, 2.24) is 5.32 Å². The molecule has 6 heteroatoms. The first-order valence-electron chi connectivity index (χ1n) is 28.8. The summed E-state index contributed by atoms with van der Waals surface area (Å²) in [5.74, 6) is -0.120. The summed E-state index contributed by atoms with van der Waals surface area (Å²) in [7, 11) is 0. The van der Waals surface area contributed by atoms with Crippen molar-refractivity contribution in [2.75, 3.05) is 13.2 Å². The number of esters is 1. The Morgan fingerprint density at radius 1 is 0.415 bits per heavy atom. The van der Waals surface area contributed by atoms with Gasteiger partial charge in [0.2, 0.25) is 5.91 Å². The summed E-state index contributed by atoms with van der Waals surface area (Å²) in [6.45, 7) is 4.85. The summed E-state index contributed by atoms with van der Waals surface area (Å²) in [5.41, 5.74) is 0. The normalized spacial score (nSPS) is 12.9. The summed E-state index contributed by atoms with van der Waals surface area (Å²) in [6, 6.07) is -0.647. The van der Waals surface area contributed by atoms with Gasteiger partial charge >= 0.3 is 5.97 Å². The fourth-order valence-corrected chi connectivity index (χ4v) is 8.68. The lowest BCUT2D eigenvalue weighted by molar-refractivity contribution is -0.143. The Labute approximate surface area is 404 Å². The highest BCUT2D eigenvalue weighted by Crippen LogP contribution is 2.16. The first kappa shape index (κ1) is 63.1. The molecule has 0 aliphatic rings. The van der Waals surface area contributed by atoms with Gasteiger partial charge in [-0.25, -0.2) is 0 Å². The molecule has 3 N–H and O–H groups in total. The van der Waals surface area contributed by atoms with E-state index in [0.29, 0.717) is 19.4 Å². The van der Waals surface area contributed by atoms with Crippen molar-refractivity contribution in [2.24, 2.45) is 0 Å². The van der Waals surface area contributed by atoms with Crippen molar-refractivity contribution in [1.29, 1.82) is 0 Å². The molecule has 0 aromatic rings. The van der Waals surface area contributed by atoms with Gasteiger partial charge in [-0.05, 0) is 89.9 Å². The van der Waals surface area contributed by atoms with Gasteiger partial charge in [-0.15, -0.1) is 0 Å². The molecule has 0 spiro atoms. The maximum absolute atomic E-state index is 12.5. The maximum Gasteiger partial charge on any atom is 0.305 e. The number of carbonyl (C=O) groups excluding carboxylic acids is 2. The van der Waals surface area contributed by atoms with Crippen LogP contribution in [0.25, 0.3) is 0 Å². The summed E-state index contributed by atoms with van der Waals surface area (Å²) >= 11 is 0. The van der Waals surface area contributed by atoms with Crippen LogP contribution in [-0.4, -0.2) is 47.4 Å². The molecule has 0 aliphatic heterocycles. The Kier molecular flexibility index (Phi) is 53.1. The molecule has 0 radical (unpaired) electrons. The highest BCUT2D eigenvalue weighted by atomic mass is 16.5. The van der Waals surface area contributed by atoms with Crippen LogP contribution in [0.15, 0.2) is 36.5 Å². The van der Waals surface area contributed by atoms with Crippen molar-refractivity contribution in [2.45, 2.75) is 315 Å². The van der Waals surface area contributed by atoms with Gasteiger partial charge in [-0.1, -0.05) is 237 Å². The number of rotatable bonds is 53. The number of ether oxygens (including phenoxy) is 1. The zero-order valence-corrected chi connectivity index (χ0v) is 43.5. The molecule has 0 aliphatic carbocycles. The van der Waals surface area contributed by atoms with Crippen molar-refractivity contribution in [3.63, 3.8) is 0 Å². The van der Waals surface area contributed by atoms with Crippen LogP contribution in [0.1, 0.15) is 303 Å². The molecular formula is C59H111NO5. The Balaban J connectivity index is 3.53. The van der Waals surface area contributed by atoms with Crippen LogP contribution in [0.5, 0.6) is 0 Å². The van der Waals surface area contributed by atoms with Crippen LogP contribution < -0.4 is 5.32 Å². The van der Waals surface area contributed by atoms with Crippen LogP contribution in [0, 0.1) is 0 Å². The fraction of sp³-hybridized carbons (Fsp3) is 0.864. The van der Waals surface area contributed by atoms with E-state index in [1.165, 1.54) is 193 Å². The fourth-order valence-electron chi connectivity index (χ4n) is 8.68. The minimum Gasteiger partial charge on any atom is -0.466 e. The predicted octanol–water partition coefficient (Wildman–Crippen LogP) is 17.6. The number of hydrogen-bond donors (Lipinski definition) is 3. The molecule has 382 valence electrons. The van der Waals surface area contributed by atoms with Crippen molar-refractivity contribution in [3.8, 4) is 0 Å². The lowest BCUT2D eigenvalue weighted by Crippen LogP contribution is -2.45. The third-order valence-corrected chi connectivity index (χ3v) is 13.1. The zero-order valence-electron chi connectivity index (χ0n) is 43.5. The summed E-state index contributed by atoms with van der Waals surface area (Å²) in [6.07, 6.45) is 67.3. The number of hydrogen-bond acceptors (Lipinski definition) is 5. The van der Waals surface area contributed by atoms with E-state index in [4.69, 9.17) is 4.74 Å². The van der Waals surface area contributed by atoms with Gasteiger partial charge in [0.15, 0.2) is 0 Å². The predicted molar refractivity (Wildman–Crippen MR) is 283 cm³/mol. The average Bonchev–Trinajstić information content (AvgIpc) is 3.31. The summed E-state index contributed by atoms with van der Waals surface area (Å²) < 4.78 is 5.46. The van der Waals surface area contributed by atoms with Crippen LogP contribution in [0.2, 0.25) is 0 Å². The first-order chi connectivity index (χ1) is 32.0.